The van der Waals surface area contributed by atoms with Crippen molar-refractivity contribution in [2.45, 2.75) is 18.9 Å². The summed E-state index contributed by atoms with van der Waals surface area (Å²) < 4.78 is 30.7. The molecule has 0 aliphatic carbocycles. The summed E-state index contributed by atoms with van der Waals surface area (Å²) in [5.41, 5.74) is 5.97. The summed E-state index contributed by atoms with van der Waals surface area (Å²) in [5.74, 6) is -1.11. The summed E-state index contributed by atoms with van der Waals surface area (Å²) in [6.45, 7) is 0.448. The Morgan fingerprint density at radius 2 is 2.00 bits per heavy atom. The average molecular weight is 226 g/mol. The van der Waals surface area contributed by atoms with E-state index in [1.807, 2.05) is 0 Å². The van der Waals surface area contributed by atoms with Crippen molar-refractivity contribution >= 4 is 6.02 Å². The Morgan fingerprint density at radius 3 is 2.56 bits per heavy atom. The minimum atomic E-state index is -0.555. The van der Waals surface area contributed by atoms with Gasteiger partial charge in [0.15, 0.2) is 0 Å². The fourth-order valence-electron chi connectivity index (χ4n) is 1.67. The number of rotatable bonds is 3. The minimum absolute atomic E-state index is 0.00803. The third-order valence-corrected chi connectivity index (χ3v) is 2.42. The van der Waals surface area contributed by atoms with Gasteiger partial charge >= 0.3 is 0 Å². The highest BCUT2D eigenvalue weighted by atomic mass is 19.1. The molecule has 2 rings (SSSR count). The minimum Gasteiger partial charge on any atom is -0.463 e. The first-order valence-electron chi connectivity index (χ1n) is 5.04. The molecule has 0 saturated carbocycles. The number of aryl methyl sites for hydroxylation is 1. The van der Waals surface area contributed by atoms with Crippen molar-refractivity contribution in [2.24, 2.45) is 10.7 Å². The lowest BCUT2D eigenvalue weighted by atomic mass is 10.1. The largest absolute Gasteiger partial charge is 0.463 e. The quantitative estimate of drug-likeness (QED) is 0.851. The molecule has 0 saturated heterocycles. The SMILES string of the molecule is NC1=NC(CCc2cc(F)cc(F)c2)CO1. The Kier molecular flexibility index (Phi) is 3.03. The van der Waals surface area contributed by atoms with E-state index in [1.54, 1.807) is 0 Å². The maximum Gasteiger partial charge on any atom is 0.282 e. The Labute approximate surface area is 91.9 Å². The first-order valence-corrected chi connectivity index (χ1v) is 5.04. The van der Waals surface area contributed by atoms with Crippen molar-refractivity contribution in [1.82, 2.24) is 0 Å². The third kappa shape index (κ3) is 2.68. The van der Waals surface area contributed by atoms with E-state index in [0.29, 0.717) is 25.0 Å². The van der Waals surface area contributed by atoms with E-state index in [4.69, 9.17) is 10.5 Å². The maximum absolute atomic E-state index is 12.9. The molecular formula is C11H12F2N2O. The van der Waals surface area contributed by atoms with Crippen LogP contribution in [0.25, 0.3) is 0 Å². The van der Waals surface area contributed by atoms with Gasteiger partial charge in [-0.05, 0) is 30.5 Å². The Hall–Kier alpha value is -1.65. The predicted molar refractivity (Wildman–Crippen MR) is 56.0 cm³/mol. The summed E-state index contributed by atoms with van der Waals surface area (Å²) in [6.07, 6.45) is 1.23. The molecule has 2 N–H and O–H groups in total. The number of hydrogen-bond acceptors (Lipinski definition) is 3. The molecule has 0 fully saturated rings. The highest BCUT2D eigenvalue weighted by molar-refractivity contribution is 5.72. The molecule has 0 spiro atoms. The summed E-state index contributed by atoms with van der Waals surface area (Å²) in [4.78, 5) is 4.03. The van der Waals surface area contributed by atoms with Gasteiger partial charge in [-0.15, -0.1) is 0 Å². The van der Waals surface area contributed by atoms with Gasteiger partial charge in [-0.3, -0.25) is 0 Å². The smallest absolute Gasteiger partial charge is 0.282 e. The molecule has 1 atom stereocenters. The van der Waals surface area contributed by atoms with Crippen molar-refractivity contribution in [3.05, 3.63) is 35.4 Å². The standard InChI is InChI=1S/C11H12F2N2O/c12-8-3-7(4-9(13)5-8)1-2-10-6-16-11(14)15-10/h3-5,10H,1-2,6H2,(H2,14,15). The number of benzene rings is 1. The monoisotopic (exact) mass is 226 g/mol. The number of ether oxygens (including phenoxy) is 1. The van der Waals surface area contributed by atoms with Gasteiger partial charge < -0.3 is 10.5 Å². The van der Waals surface area contributed by atoms with Crippen molar-refractivity contribution < 1.29 is 13.5 Å². The molecule has 0 amide bonds. The van der Waals surface area contributed by atoms with E-state index >= 15 is 0 Å². The lowest BCUT2D eigenvalue weighted by molar-refractivity contribution is 0.308. The van der Waals surface area contributed by atoms with Crippen molar-refractivity contribution in [3.8, 4) is 0 Å². The molecule has 0 aromatic heterocycles. The van der Waals surface area contributed by atoms with Gasteiger partial charge in [0.2, 0.25) is 0 Å². The summed E-state index contributed by atoms with van der Waals surface area (Å²) >= 11 is 0. The van der Waals surface area contributed by atoms with Gasteiger partial charge in [0.05, 0.1) is 6.04 Å². The van der Waals surface area contributed by atoms with Gasteiger partial charge in [0.25, 0.3) is 6.02 Å². The molecule has 86 valence electrons. The molecule has 1 aliphatic rings. The van der Waals surface area contributed by atoms with Gasteiger partial charge in [0.1, 0.15) is 18.2 Å². The lowest BCUT2D eigenvalue weighted by Crippen LogP contribution is -2.10. The molecule has 5 heteroatoms. The van der Waals surface area contributed by atoms with Crippen LogP contribution in [0.5, 0.6) is 0 Å². The molecule has 1 heterocycles. The zero-order valence-corrected chi connectivity index (χ0v) is 8.62. The van der Waals surface area contributed by atoms with Crippen LogP contribution in [-0.2, 0) is 11.2 Å². The van der Waals surface area contributed by atoms with Crippen LogP contribution in [0.4, 0.5) is 8.78 Å². The van der Waals surface area contributed by atoms with Crippen LogP contribution in [0.3, 0.4) is 0 Å². The maximum atomic E-state index is 12.9. The number of aliphatic imine (C=N–C) groups is 1. The zero-order valence-electron chi connectivity index (χ0n) is 8.62. The Bertz CT molecular complexity index is 400. The molecule has 1 unspecified atom stereocenters. The molecule has 3 nitrogen and oxygen atoms in total. The van der Waals surface area contributed by atoms with E-state index < -0.39 is 11.6 Å². The van der Waals surface area contributed by atoms with Crippen LogP contribution in [-0.4, -0.2) is 18.7 Å². The molecule has 1 aliphatic heterocycles. The second-order valence-electron chi connectivity index (χ2n) is 3.75. The van der Waals surface area contributed by atoms with E-state index in [9.17, 15) is 8.78 Å². The van der Waals surface area contributed by atoms with Gasteiger partial charge in [-0.25, -0.2) is 13.8 Å². The van der Waals surface area contributed by atoms with Crippen LogP contribution in [0.2, 0.25) is 0 Å². The van der Waals surface area contributed by atoms with Crippen LogP contribution >= 0.6 is 0 Å². The molecular weight excluding hydrogens is 214 g/mol. The zero-order chi connectivity index (χ0) is 11.5. The van der Waals surface area contributed by atoms with Crippen molar-refractivity contribution in [3.63, 3.8) is 0 Å². The molecule has 0 radical (unpaired) electrons. The Balaban J connectivity index is 1.94. The fourth-order valence-corrected chi connectivity index (χ4v) is 1.67. The molecule has 1 aromatic rings. The van der Waals surface area contributed by atoms with E-state index in [0.717, 1.165) is 6.07 Å². The number of amidine groups is 1. The van der Waals surface area contributed by atoms with Gasteiger partial charge in [-0.2, -0.15) is 0 Å². The van der Waals surface area contributed by atoms with Crippen molar-refractivity contribution in [1.29, 1.82) is 0 Å². The van der Waals surface area contributed by atoms with Crippen molar-refractivity contribution in [2.75, 3.05) is 6.61 Å². The van der Waals surface area contributed by atoms with E-state index in [2.05, 4.69) is 4.99 Å². The molecule has 0 bridgehead atoms. The van der Waals surface area contributed by atoms with E-state index in [1.165, 1.54) is 12.1 Å². The fraction of sp³-hybridized carbons (Fsp3) is 0.364. The first-order chi connectivity index (χ1) is 7.63. The number of nitrogens with two attached hydrogens (primary N) is 1. The van der Waals surface area contributed by atoms with Gasteiger partial charge in [0, 0.05) is 6.07 Å². The van der Waals surface area contributed by atoms with Crippen LogP contribution in [0, 0.1) is 11.6 Å². The summed E-state index contributed by atoms with van der Waals surface area (Å²) in [7, 11) is 0. The summed E-state index contributed by atoms with van der Waals surface area (Å²) in [6, 6.07) is 3.69. The molecule has 16 heavy (non-hydrogen) atoms. The average Bonchev–Trinajstić information content (AvgIpc) is 2.60. The first kappa shape index (κ1) is 10.9. The normalized spacial score (nSPS) is 19.4. The topological polar surface area (TPSA) is 47.6 Å². The van der Waals surface area contributed by atoms with Crippen LogP contribution < -0.4 is 5.73 Å². The Morgan fingerprint density at radius 1 is 1.31 bits per heavy atom. The van der Waals surface area contributed by atoms with Crippen LogP contribution in [0.1, 0.15) is 12.0 Å². The number of nitrogens with zero attached hydrogens (tertiary/aromatic N) is 1. The third-order valence-electron chi connectivity index (χ3n) is 2.42. The number of halogens is 2. The predicted octanol–water partition coefficient (Wildman–Crippen LogP) is 1.61. The second-order valence-corrected chi connectivity index (χ2v) is 3.75. The number of hydrogen-bond donors (Lipinski definition) is 1. The second kappa shape index (κ2) is 4.47. The lowest BCUT2D eigenvalue weighted by Gasteiger charge is -2.05. The summed E-state index contributed by atoms with van der Waals surface area (Å²) in [5, 5.41) is 0. The highest BCUT2D eigenvalue weighted by Gasteiger charge is 2.16. The molecule has 1 aromatic carbocycles. The van der Waals surface area contributed by atoms with Gasteiger partial charge in [-0.1, -0.05) is 0 Å². The van der Waals surface area contributed by atoms with E-state index in [-0.39, 0.29) is 12.1 Å². The highest BCUT2D eigenvalue weighted by Crippen LogP contribution is 2.14. The van der Waals surface area contributed by atoms with Crippen LogP contribution in [0.15, 0.2) is 23.2 Å².